The molecule has 1 N–H and O–H groups in total. The highest BCUT2D eigenvalue weighted by Gasteiger charge is 2.26. The molecule has 5 nitrogen and oxygen atoms in total. The van der Waals surface area contributed by atoms with Crippen LogP contribution in [0.1, 0.15) is 31.4 Å². The molecule has 1 aliphatic heterocycles. The van der Waals surface area contributed by atoms with E-state index >= 15 is 0 Å². The van der Waals surface area contributed by atoms with Crippen LogP contribution in [-0.2, 0) is 16.1 Å². The minimum absolute atomic E-state index is 0.0288. The Balaban J connectivity index is 1.62. The third-order valence-corrected chi connectivity index (χ3v) is 4.76. The minimum Gasteiger partial charge on any atom is -0.390 e. The zero-order valence-corrected chi connectivity index (χ0v) is 17.3. The Morgan fingerprint density at radius 1 is 1.17 bits per heavy atom. The normalized spacial score (nSPS) is 17.3. The number of halogens is 2. The van der Waals surface area contributed by atoms with E-state index < -0.39 is 6.10 Å². The second-order valence-electron chi connectivity index (χ2n) is 7.84. The first kappa shape index (κ1) is 22.3. The van der Waals surface area contributed by atoms with E-state index in [0.717, 1.165) is 16.8 Å². The summed E-state index contributed by atoms with van der Waals surface area (Å²) in [5.41, 5.74) is 2.39. The molecule has 2 atom stereocenters. The average Bonchev–Trinajstić information content (AvgIpc) is 3.15. The number of oxime groups is 1. The Labute approximate surface area is 175 Å². The third kappa shape index (κ3) is 6.86. The van der Waals surface area contributed by atoms with Gasteiger partial charge in [0, 0.05) is 26.1 Å². The lowest BCUT2D eigenvalue weighted by Gasteiger charge is -2.27. The van der Waals surface area contributed by atoms with Crippen molar-refractivity contribution in [3.8, 4) is 0 Å². The van der Waals surface area contributed by atoms with Crippen LogP contribution in [0, 0.1) is 11.6 Å². The Morgan fingerprint density at radius 2 is 1.93 bits per heavy atom. The maximum Gasteiger partial charge on any atom is 0.145 e. The van der Waals surface area contributed by atoms with Gasteiger partial charge in [-0.1, -0.05) is 29.4 Å². The third-order valence-electron chi connectivity index (χ3n) is 4.76. The van der Waals surface area contributed by atoms with Gasteiger partial charge in [-0.05, 0) is 49.2 Å². The first-order valence-electron chi connectivity index (χ1n) is 10.1. The summed E-state index contributed by atoms with van der Waals surface area (Å²) in [6, 6.07) is 12.6. The van der Waals surface area contributed by atoms with Crippen molar-refractivity contribution in [3.63, 3.8) is 0 Å². The van der Waals surface area contributed by atoms with E-state index in [4.69, 9.17) is 9.57 Å². The van der Waals surface area contributed by atoms with Crippen LogP contribution in [0.3, 0.4) is 0 Å². The van der Waals surface area contributed by atoms with Crippen molar-refractivity contribution in [3.05, 3.63) is 71.3 Å². The average molecular weight is 418 g/mol. The van der Waals surface area contributed by atoms with Crippen LogP contribution in [0.4, 0.5) is 8.78 Å². The molecule has 0 unspecified atom stereocenters. The molecule has 2 aromatic carbocycles. The Morgan fingerprint density at radius 3 is 2.63 bits per heavy atom. The van der Waals surface area contributed by atoms with Gasteiger partial charge in [-0.25, -0.2) is 8.78 Å². The van der Waals surface area contributed by atoms with Crippen molar-refractivity contribution in [2.45, 2.75) is 45.1 Å². The number of rotatable bonds is 10. The topological polar surface area (TPSA) is 54.3 Å². The van der Waals surface area contributed by atoms with Gasteiger partial charge >= 0.3 is 0 Å². The molecule has 1 heterocycles. The SMILES string of the molecule is CC(C)OC[C@H](O)CN(Cc1cccc(F)c1)C[C@H]1CC(c2ccc(F)cc2)=NO1. The monoisotopic (exact) mass is 418 g/mol. The van der Waals surface area contributed by atoms with E-state index in [1.807, 2.05) is 24.8 Å². The first-order chi connectivity index (χ1) is 14.4. The minimum atomic E-state index is -0.681. The van der Waals surface area contributed by atoms with Gasteiger partial charge in [-0.15, -0.1) is 0 Å². The fourth-order valence-corrected chi connectivity index (χ4v) is 3.38. The van der Waals surface area contributed by atoms with Crippen molar-refractivity contribution >= 4 is 5.71 Å². The summed E-state index contributed by atoms with van der Waals surface area (Å²) < 4.78 is 32.3. The highest BCUT2D eigenvalue weighted by Crippen LogP contribution is 2.19. The number of benzene rings is 2. The van der Waals surface area contributed by atoms with Crippen LogP contribution in [0.25, 0.3) is 0 Å². The van der Waals surface area contributed by atoms with Crippen LogP contribution in [0.5, 0.6) is 0 Å². The van der Waals surface area contributed by atoms with Crippen LogP contribution < -0.4 is 0 Å². The van der Waals surface area contributed by atoms with Gasteiger partial charge < -0.3 is 14.7 Å². The van der Waals surface area contributed by atoms with E-state index in [2.05, 4.69) is 5.16 Å². The second-order valence-corrected chi connectivity index (χ2v) is 7.84. The van der Waals surface area contributed by atoms with Crippen molar-refractivity contribution in [1.82, 2.24) is 4.90 Å². The molecule has 30 heavy (non-hydrogen) atoms. The molecule has 0 radical (unpaired) electrons. The fourth-order valence-electron chi connectivity index (χ4n) is 3.38. The van der Waals surface area contributed by atoms with Crippen molar-refractivity contribution in [1.29, 1.82) is 0 Å². The zero-order chi connectivity index (χ0) is 21.5. The van der Waals surface area contributed by atoms with Crippen LogP contribution in [0.2, 0.25) is 0 Å². The smallest absolute Gasteiger partial charge is 0.145 e. The number of hydrogen-bond acceptors (Lipinski definition) is 5. The van der Waals surface area contributed by atoms with Gasteiger partial charge in [0.05, 0.1) is 24.5 Å². The molecule has 0 aromatic heterocycles. The lowest BCUT2D eigenvalue weighted by molar-refractivity contribution is -0.0194. The van der Waals surface area contributed by atoms with Crippen LogP contribution in [0.15, 0.2) is 53.7 Å². The summed E-state index contributed by atoms with van der Waals surface area (Å²) in [6.07, 6.45) is -0.290. The fraction of sp³-hybridized carbons (Fsp3) is 0.435. The standard InChI is InChI=1S/C23H28F2N2O3/c1-16(2)29-15-21(28)13-27(12-17-4-3-5-20(25)10-17)14-22-11-23(26-30-22)18-6-8-19(24)9-7-18/h3-10,16,21-22,28H,11-15H2,1-2H3/t21-,22-/m1/s1. The second kappa shape index (κ2) is 10.6. The van der Waals surface area contributed by atoms with Gasteiger partial charge in [0.15, 0.2) is 0 Å². The van der Waals surface area contributed by atoms with Gasteiger partial charge in [0.1, 0.15) is 17.7 Å². The van der Waals surface area contributed by atoms with Crippen molar-refractivity contribution < 1.29 is 23.5 Å². The van der Waals surface area contributed by atoms with E-state index in [-0.39, 0.29) is 30.4 Å². The summed E-state index contributed by atoms with van der Waals surface area (Å²) in [6.45, 7) is 5.37. The van der Waals surface area contributed by atoms with E-state index in [9.17, 15) is 13.9 Å². The van der Waals surface area contributed by atoms with Crippen LogP contribution >= 0.6 is 0 Å². The van der Waals surface area contributed by atoms with E-state index in [0.29, 0.717) is 26.1 Å². The maximum absolute atomic E-state index is 13.6. The molecule has 0 saturated carbocycles. The molecular formula is C23H28F2N2O3. The Bertz CT molecular complexity index is 843. The summed E-state index contributed by atoms with van der Waals surface area (Å²) in [5, 5.41) is 14.5. The van der Waals surface area contributed by atoms with E-state index in [1.54, 1.807) is 18.2 Å². The van der Waals surface area contributed by atoms with Gasteiger partial charge in [0.2, 0.25) is 0 Å². The molecule has 1 aliphatic rings. The van der Waals surface area contributed by atoms with Gasteiger partial charge in [-0.2, -0.15) is 0 Å². The van der Waals surface area contributed by atoms with Crippen molar-refractivity contribution in [2.24, 2.45) is 5.16 Å². The van der Waals surface area contributed by atoms with Crippen LogP contribution in [-0.4, -0.2) is 53.7 Å². The number of nitrogens with zero attached hydrogens (tertiary/aromatic N) is 2. The lowest BCUT2D eigenvalue weighted by atomic mass is 10.0. The van der Waals surface area contributed by atoms with Gasteiger partial charge in [0.25, 0.3) is 0 Å². The molecule has 0 fully saturated rings. The Kier molecular flexibility index (Phi) is 7.90. The largest absolute Gasteiger partial charge is 0.390 e. The molecule has 162 valence electrons. The summed E-state index contributed by atoms with van der Waals surface area (Å²) >= 11 is 0. The predicted octanol–water partition coefficient (Wildman–Crippen LogP) is 3.75. The molecule has 2 aromatic rings. The Hall–Kier alpha value is -2.35. The first-order valence-corrected chi connectivity index (χ1v) is 10.1. The number of aliphatic hydroxyl groups excluding tert-OH is 1. The van der Waals surface area contributed by atoms with E-state index in [1.165, 1.54) is 24.3 Å². The lowest BCUT2D eigenvalue weighted by Crippen LogP contribution is -2.39. The molecule has 7 heteroatoms. The molecule has 3 rings (SSSR count). The number of ether oxygens (including phenoxy) is 1. The molecular weight excluding hydrogens is 390 g/mol. The summed E-state index contributed by atoms with van der Waals surface area (Å²) in [4.78, 5) is 7.60. The zero-order valence-electron chi connectivity index (χ0n) is 17.3. The molecule has 0 bridgehead atoms. The quantitative estimate of drug-likeness (QED) is 0.639. The van der Waals surface area contributed by atoms with Crippen molar-refractivity contribution in [2.75, 3.05) is 19.7 Å². The maximum atomic E-state index is 13.6. The number of hydrogen-bond donors (Lipinski definition) is 1. The highest BCUT2D eigenvalue weighted by atomic mass is 19.1. The molecule has 0 aliphatic carbocycles. The molecule has 0 spiro atoms. The number of aliphatic hydroxyl groups is 1. The van der Waals surface area contributed by atoms with Gasteiger partial charge in [-0.3, -0.25) is 4.90 Å². The summed E-state index contributed by atoms with van der Waals surface area (Å²) in [5.74, 6) is -0.594. The summed E-state index contributed by atoms with van der Waals surface area (Å²) in [7, 11) is 0. The highest BCUT2D eigenvalue weighted by molar-refractivity contribution is 6.01. The molecule has 0 amide bonds. The molecule has 0 saturated heterocycles. The predicted molar refractivity (Wildman–Crippen MR) is 111 cm³/mol.